The van der Waals surface area contributed by atoms with Gasteiger partial charge in [0.1, 0.15) is 0 Å². The number of rotatable bonds is 1. The van der Waals surface area contributed by atoms with E-state index in [-0.39, 0.29) is 0 Å². The van der Waals surface area contributed by atoms with Crippen LogP contribution in [0.4, 0.5) is 5.69 Å². The van der Waals surface area contributed by atoms with Crippen LogP contribution in [0.2, 0.25) is 0 Å². The van der Waals surface area contributed by atoms with Crippen molar-refractivity contribution in [3.8, 4) is 11.3 Å². The van der Waals surface area contributed by atoms with Gasteiger partial charge in [0.25, 0.3) is 0 Å². The quantitative estimate of drug-likeness (QED) is 0.758. The molecule has 74 valence electrons. The van der Waals surface area contributed by atoms with Crippen molar-refractivity contribution in [2.24, 2.45) is 0 Å². The Bertz CT molecular complexity index is 477. The van der Waals surface area contributed by atoms with Crippen LogP contribution in [-0.4, -0.2) is 11.5 Å². The fourth-order valence-electron chi connectivity index (χ4n) is 1.98. The van der Waals surface area contributed by atoms with Crippen LogP contribution >= 0.6 is 0 Å². The Morgan fingerprint density at radius 2 is 2.13 bits per heavy atom. The number of pyridine rings is 1. The highest BCUT2D eigenvalue weighted by Crippen LogP contribution is 2.27. The van der Waals surface area contributed by atoms with Gasteiger partial charge in [0.15, 0.2) is 0 Å². The van der Waals surface area contributed by atoms with Crippen molar-refractivity contribution in [2.45, 2.75) is 6.42 Å². The molecule has 2 heteroatoms. The summed E-state index contributed by atoms with van der Waals surface area (Å²) < 4.78 is 0. The lowest BCUT2D eigenvalue weighted by Gasteiger charge is -2.04. The van der Waals surface area contributed by atoms with Crippen LogP contribution in [0.3, 0.4) is 0 Å². The predicted octanol–water partition coefficient (Wildman–Crippen LogP) is 2.72. The summed E-state index contributed by atoms with van der Waals surface area (Å²) in [6, 6.07) is 12.5. The second kappa shape index (κ2) is 3.39. The molecule has 1 N–H and O–H groups in total. The van der Waals surface area contributed by atoms with E-state index in [9.17, 15) is 0 Å². The zero-order valence-electron chi connectivity index (χ0n) is 8.40. The first-order chi connectivity index (χ1) is 7.43. The van der Waals surface area contributed by atoms with E-state index in [1.807, 2.05) is 24.4 Å². The Morgan fingerprint density at radius 3 is 3.00 bits per heavy atom. The molecule has 0 spiro atoms. The number of hydrogen-bond donors (Lipinski definition) is 1. The van der Waals surface area contributed by atoms with Gasteiger partial charge in [0, 0.05) is 24.0 Å². The first-order valence-corrected chi connectivity index (χ1v) is 5.22. The van der Waals surface area contributed by atoms with Gasteiger partial charge in [0.2, 0.25) is 0 Å². The summed E-state index contributed by atoms with van der Waals surface area (Å²) >= 11 is 0. The van der Waals surface area contributed by atoms with Gasteiger partial charge < -0.3 is 5.32 Å². The van der Waals surface area contributed by atoms with Gasteiger partial charge in [-0.1, -0.05) is 18.2 Å². The van der Waals surface area contributed by atoms with E-state index in [0.29, 0.717) is 0 Å². The molecule has 2 heterocycles. The molecule has 0 saturated carbocycles. The van der Waals surface area contributed by atoms with Crippen molar-refractivity contribution in [1.82, 2.24) is 4.98 Å². The summed E-state index contributed by atoms with van der Waals surface area (Å²) in [6.07, 6.45) is 2.97. The number of anilines is 1. The summed E-state index contributed by atoms with van der Waals surface area (Å²) in [5.41, 5.74) is 4.89. The molecule has 0 bridgehead atoms. The third-order valence-corrected chi connectivity index (χ3v) is 2.78. The van der Waals surface area contributed by atoms with E-state index in [4.69, 9.17) is 0 Å². The maximum Gasteiger partial charge on any atom is 0.0702 e. The summed E-state index contributed by atoms with van der Waals surface area (Å²) in [4.78, 5) is 4.35. The van der Waals surface area contributed by atoms with Gasteiger partial charge in [-0.05, 0) is 30.2 Å². The number of benzene rings is 1. The minimum atomic E-state index is 1.04. The fraction of sp³-hybridized carbons (Fsp3) is 0.154. The number of nitrogens with zero attached hydrogens (tertiary/aromatic N) is 1. The SMILES string of the molecule is c1ccc(-c2ccc3c(c2)NCC3)nc1. The second-order valence-corrected chi connectivity index (χ2v) is 3.76. The molecular weight excluding hydrogens is 184 g/mol. The van der Waals surface area contributed by atoms with Gasteiger partial charge >= 0.3 is 0 Å². The molecule has 2 aromatic rings. The highest BCUT2D eigenvalue weighted by Gasteiger charge is 2.10. The molecule has 0 fully saturated rings. The fourth-order valence-corrected chi connectivity index (χ4v) is 1.98. The van der Waals surface area contributed by atoms with E-state index in [1.54, 1.807) is 0 Å². The monoisotopic (exact) mass is 196 g/mol. The van der Waals surface area contributed by atoms with Crippen molar-refractivity contribution in [1.29, 1.82) is 0 Å². The minimum absolute atomic E-state index is 1.04. The smallest absolute Gasteiger partial charge is 0.0702 e. The Kier molecular flexibility index (Phi) is 1.91. The summed E-state index contributed by atoms with van der Waals surface area (Å²) in [6.45, 7) is 1.06. The highest BCUT2D eigenvalue weighted by molar-refractivity contribution is 5.68. The largest absolute Gasteiger partial charge is 0.384 e. The molecule has 1 aliphatic heterocycles. The number of fused-ring (bicyclic) bond motifs is 1. The molecule has 0 amide bonds. The zero-order chi connectivity index (χ0) is 10.1. The minimum Gasteiger partial charge on any atom is -0.384 e. The van der Waals surface area contributed by atoms with Crippen molar-refractivity contribution < 1.29 is 0 Å². The van der Waals surface area contributed by atoms with Crippen LogP contribution in [0.5, 0.6) is 0 Å². The molecular formula is C13H12N2. The molecule has 0 atom stereocenters. The van der Waals surface area contributed by atoms with Crippen LogP contribution in [-0.2, 0) is 6.42 Å². The Balaban J connectivity index is 2.07. The van der Waals surface area contributed by atoms with E-state index >= 15 is 0 Å². The van der Waals surface area contributed by atoms with E-state index in [0.717, 1.165) is 18.7 Å². The van der Waals surface area contributed by atoms with E-state index < -0.39 is 0 Å². The average Bonchev–Trinajstić information content (AvgIpc) is 2.77. The van der Waals surface area contributed by atoms with Crippen LogP contribution < -0.4 is 5.32 Å². The number of hydrogen-bond acceptors (Lipinski definition) is 2. The molecule has 1 aromatic heterocycles. The third-order valence-electron chi connectivity index (χ3n) is 2.78. The Labute approximate surface area is 89.0 Å². The lowest BCUT2D eigenvalue weighted by atomic mass is 10.1. The topological polar surface area (TPSA) is 24.9 Å². The van der Waals surface area contributed by atoms with Gasteiger partial charge in [-0.15, -0.1) is 0 Å². The third kappa shape index (κ3) is 1.48. The van der Waals surface area contributed by atoms with Crippen LogP contribution in [0.25, 0.3) is 11.3 Å². The van der Waals surface area contributed by atoms with Crippen molar-refractivity contribution in [2.75, 3.05) is 11.9 Å². The summed E-state index contributed by atoms with van der Waals surface area (Å²) in [7, 11) is 0. The van der Waals surface area contributed by atoms with Crippen molar-refractivity contribution in [3.63, 3.8) is 0 Å². The second-order valence-electron chi connectivity index (χ2n) is 3.76. The molecule has 3 rings (SSSR count). The molecule has 0 radical (unpaired) electrons. The Hall–Kier alpha value is -1.83. The predicted molar refractivity (Wildman–Crippen MR) is 61.9 cm³/mol. The lowest BCUT2D eigenvalue weighted by Crippen LogP contribution is -1.91. The van der Waals surface area contributed by atoms with Crippen molar-refractivity contribution >= 4 is 5.69 Å². The normalized spacial score (nSPS) is 13.3. The van der Waals surface area contributed by atoms with Crippen molar-refractivity contribution in [3.05, 3.63) is 48.2 Å². The highest BCUT2D eigenvalue weighted by atomic mass is 14.9. The van der Waals surface area contributed by atoms with Crippen LogP contribution in [0, 0.1) is 0 Å². The molecule has 2 nitrogen and oxygen atoms in total. The number of aromatic nitrogens is 1. The van der Waals surface area contributed by atoms with E-state index in [2.05, 4.69) is 28.5 Å². The maximum absolute atomic E-state index is 4.35. The average molecular weight is 196 g/mol. The molecule has 0 aliphatic carbocycles. The number of nitrogens with one attached hydrogen (secondary N) is 1. The van der Waals surface area contributed by atoms with Gasteiger partial charge in [-0.25, -0.2) is 0 Å². The molecule has 0 unspecified atom stereocenters. The van der Waals surface area contributed by atoms with Gasteiger partial charge in [-0.2, -0.15) is 0 Å². The first-order valence-electron chi connectivity index (χ1n) is 5.22. The molecule has 15 heavy (non-hydrogen) atoms. The summed E-state index contributed by atoms with van der Waals surface area (Å²) in [5, 5.41) is 3.38. The van der Waals surface area contributed by atoms with Gasteiger partial charge in [0.05, 0.1) is 5.69 Å². The summed E-state index contributed by atoms with van der Waals surface area (Å²) in [5.74, 6) is 0. The van der Waals surface area contributed by atoms with Gasteiger partial charge in [-0.3, -0.25) is 4.98 Å². The molecule has 1 aromatic carbocycles. The molecule has 1 aliphatic rings. The maximum atomic E-state index is 4.35. The lowest BCUT2D eigenvalue weighted by molar-refractivity contribution is 1.11. The molecule has 0 saturated heterocycles. The zero-order valence-corrected chi connectivity index (χ0v) is 8.40. The Morgan fingerprint density at radius 1 is 1.13 bits per heavy atom. The van der Waals surface area contributed by atoms with Crippen LogP contribution in [0.1, 0.15) is 5.56 Å². The van der Waals surface area contributed by atoms with E-state index in [1.165, 1.54) is 16.8 Å². The standard InChI is InChI=1S/C13H12N2/c1-2-7-14-12(3-1)11-5-4-10-6-8-15-13(10)9-11/h1-5,7,9,15H,6,8H2. The van der Waals surface area contributed by atoms with Crippen LogP contribution in [0.15, 0.2) is 42.6 Å². The first kappa shape index (κ1) is 8.48.